The third-order valence-electron chi connectivity index (χ3n) is 2.95. The molecular weight excluding hydrogens is 322 g/mol. The molecule has 4 atom stereocenters. The van der Waals surface area contributed by atoms with Gasteiger partial charge in [0.05, 0.1) is 16.6 Å². The van der Waals surface area contributed by atoms with Crippen LogP contribution in [0, 0.1) is 10.1 Å². The maximum absolute atomic E-state index is 12.0. The molecular formula is C12H14ClNO8. The second-order valence-corrected chi connectivity index (χ2v) is 4.87. The highest BCUT2D eigenvalue weighted by atomic mass is 35.5. The Kier molecular flexibility index (Phi) is 6.35. The molecule has 0 aliphatic heterocycles. The van der Waals surface area contributed by atoms with Crippen molar-refractivity contribution in [2.24, 2.45) is 0 Å². The SMILES string of the molecule is O=C(c1ccc([N+](=O)[O-])cc1Cl)[C@H](O)[C@@H](O)[C@H](O)[C@H](O)CO. The van der Waals surface area contributed by atoms with E-state index in [9.17, 15) is 30.2 Å². The van der Waals surface area contributed by atoms with Crippen LogP contribution in [-0.4, -0.2) is 67.3 Å². The zero-order valence-electron chi connectivity index (χ0n) is 11.0. The Balaban J connectivity index is 2.98. The van der Waals surface area contributed by atoms with Crippen molar-refractivity contribution in [3.05, 3.63) is 38.9 Å². The second-order valence-electron chi connectivity index (χ2n) is 4.46. The molecule has 22 heavy (non-hydrogen) atoms. The van der Waals surface area contributed by atoms with Crippen molar-refractivity contribution in [3.63, 3.8) is 0 Å². The van der Waals surface area contributed by atoms with E-state index >= 15 is 0 Å². The molecule has 0 aliphatic rings. The number of carbonyl (C=O) groups is 1. The lowest BCUT2D eigenvalue weighted by atomic mass is 9.96. The summed E-state index contributed by atoms with van der Waals surface area (Å²) in [6.07, 6.45) is -7.96. The molecule has 1 aromatic carbocycles. The number of rotatable bonds is 7. The van der Waals surface area contributed by atoms with Crippen LogP contribution in [0.4, 0.5) is 5.69 Å². The summed E-state index contributed by atoms with van der Waals surface area (Å²) in [7, 11) is 0. The zero-order chi connectivity index (χ0) is 17.0. The minimum atomic E-state index is -2.14. The summed E-state index contributed by atoms with van der Waals surface area (Å²) in [5.41, 5.74) is -0.670. The van der Waals surface area contributed by atoms with Gasteiger partial charge in [0.15, 0.2) is 5.78 Å². The van der Waals surface area contributed by atoms with Crippen molar-refractivity contribution in [1.82, 2.24) is 0 Å². The molecule has 5 N–H and O–H groups in total. The smallest absolute Gasteiger partial charge is 0.270 e. The monoisotopic (exact) mass is 335 g/mol. The molecule has 0 unspecified atom stereocenters. The van der Waals surface area contributed by atoms with Gasteiger partial charge < -0.3 is 25.5 Å². The number of aliphatic hydroxyl groups excluding tert-OH is 5. The van der Waals surface area contributed by atoms with Crippen molar-refractivity contribution in [3.8, 4) is 0 Å². The summed E-state index contributed by atoms with van der Waals surface area (Å²) < 4.78 is 0. The van der Waals surface area contributed by atoms with Gasteiger partial charge >= 0.3 is 0 Å². The van der Waals surface area contributed by atoms with Crippen LogP contribution in [0.1, 0.15) is 10.4 Å². The van der Waals surface area contributed by atoms with Crippen molar-refractivity contribution < 1.29 is 35.3 Å². The summed E-state index contributed by atoms with van der Waals surface area (Å²) in [5.74, 6) is -1.10. The number of hydrogen-bond acceptors (Lipinski definition) is 8. The van der Waals surface area contributed by atoms with Gasteiger partial charge in [-0.15, -0.1) is 0 Å². The van der Waals surface area contributed by atoms with E-state index in [0.29, 0.717) is 0 Å². The fourth-order valence-corrected chi connectivity index (χ4v) is 1.92. The van der Waals surface area contributed by atoms with Crippen LogP contribution < -0.4 is 0 Å². The topological polar surface area (TPSA) is 161 Å². The minimum absolute atomic E-state index is 0.301. The summed E-state index contributed by atoms with van der Waals surface area (Å²) in [6, 6.07) is 2.87. The maximum atomic E-state index is 12.0. The van der Waals surface area contributed by atoms with Crippen LogP contribution in [0.5, 0.6) is 0 Å². The first-order valence-electron chi connectivity index (χ1n) is 6.02. The van der Waals surface area contributed by atoms with E-state index in [1.807, 2.05) is 0 Å². The lowest BCUT2D eigenvalue weighted by Crippen LogP contribution is -2.48. The maximum Gasteiger partial charge on any atom is 0.270 e. The molecule has 10 heteroatoms. The van der Waals surface area contributed by atoms with Crippen LogP contribution in [0.15, 0.2) is 18.2 Å². The number of non-ortho nitro benzene ring substituents is 1. The van der Waals surface area contributed by atoms with Gasteiger partial charge in [0, 0.05) is 17.7 Å². The highest BCUT2D eigenvalue weighted by Gasteiger charge is 2.35. The number of halogens is 1. The Hall–Kier alpha value is -1.62. The molecule has 0 spiro atoms. The molecule has 0 heterocycles. The van der Waals surface area contributed by atoms with Crippen LogP contribution in [0.3, 0.4) is 0 Å². The first-order valence-corrected chi connectivity index (χ1v) is 6.39. The predicted molar refractivity (Wildman–Crippen MR) is 73.5 cm³/mol. The molecule has 0 fully saturated rings. The van der Waals surface area contributed by atoms with Crippen LogP contribution >= 0.6 is 11.6 Å². The quantitative estimate of drug-likeness (QED) is 0.237. The van der Waals surface area contributed by atoms with E-state index in [2.05, 4.69) is 0 Å². The summed E-state index contributed by atoms with van der Waals surface area (Å²) >= 11 is 5.72. The lowest BCUT2D eigenvalue weighted by molar-refractivity contribution is -0.384. The highest BCUT2D eigenvalue weighted by molar-refractivity contribution is 6.34. The fraction of sp³-hybridized carbons (Fsp3) is 0.417. The van der Waals surface area contributed by atoms with E-state index in [1.54, 1.807) is 0 Å². The molecule has 0 aliphatic carbocycles. The van der Waals surface area contributed by atoms with Gasteiger partial charge in [-0.3, -0.25) is 14.9 Å². The summed E-state index contributed by atoms with van der Waals surface area (Å²) in [6.45, 7) is -0.891. The number of Topliss-reactive ketones (excluding diaryl/α,β-unsaturated/α-hetero) is 1. The number of ketones is 1. The van der Waals surface area contributed by atoms with Crippen molar-refractivity contribution in [2.75, 3.05) is 6.61 Å². The van der Waals surface area contributed by atoms with Crippen LogP contribution in [0.25, 0.3) is 0 Å². The molecule has 9 nitrogen and oxygen atoms in total. The summed E-state index contributed by atoms with van der Waals surface area (Å²) in [5, 5.41) is 56.8. The Morgan fingerprint density at radius 3 is 2.27 bits per heavy atom. The van der Waals surface area contributed by atoms with Crippen molar-refractivity contribution >= 4 is 23.1 Å². The Bertz CT molecular complexity index is 566. The van der Waals surface area contributed by atoms with E-state index in [4.69, 9.17) is 21.8 Å². The number of nitro groups is 1. The number of nitro benzene ring substituents is 1. The molecule has 0 aromatic heterocycles. The first kappa shape index (κ1) is 18.4. The van der Waals surface area contributed by atoms with Gasteiger partial charge in [-0.2, -0.15) is 0 Å². The summed E-state index contributed by atoms with van der Waals surface area (Å²) in [4.78, 5) is 21.8. The fourth-order valence-electron chi connectivity index (χ4n) is 1.65. The number of nitrogens with zero attached hydrogens (tertiary/aromatic N) is 1. The Labute approximate surface area is 129 Å². The normalized spacial score (nSPS) is 16.6. The van der Waals surface area contributed by atoms with E-state index in [0.717, 1.165) is 18.2 Å². The molecule has 0 saturated heterocycles. The molecule has 0 bridgehead atoms. The predicted octanol–water partition coefficient (Wildman–Crippen LogP) is -1.13. The third kappa shape index (κ3) is 3.97. The molecule has 1 aromatic rings. The largest absolute Gasteiger partial charge is 0.394 e. The standard InChI is InChI=1S/C12H14ClNO8/c13-7-3-5(14(21)22)1-2-6(7)9(17)11(19)12(20)10(18)8(16)4-15/h1-3,8,10-12,15-16,18-20H,4H2/t8-,10-,11+,12+/m1/s1. The zero-order valence-corrected chi connectivity index (χ0v) is 11.8. The highest BCUT2D eigenvalue weighted by Crippen LogP contribution is 2.24. The Morgan fingerprint density at radius 2 is 1.82 bits per heavy atom. The lowest BCUT2D eigenvalue weighted by Gasteiger charge is -2.25. The van der Waals surface area contributed by atoms with Crippen LogP contribution in [0.2, 0.25) is 5.02 Å². The van der Waals surface area contributed by atoms with E-state index in [1.165, 1.54) is 0 Å². The molecule has 1 rings (SSSR count). The molecule has 0 amide bonds. The third-order valence-corrected chi connectivity index (χ3v) is 3.26. The number of carbonyl (C=O) groups excluding carboxylic acids is 1. The van der Waals surface area contributed by atoms with Gasteiger partial charge in [-0.05, 0) is 6.07 Å². The van der Waals surface area contributed by atoms with Crippen LogP contribution in [-0.2, 0) is 0 Å². The number of hydrogen-bond donors (Lipinski definition) is 5. The number of aliphatic hydroxyl groups is 5. The van der Waals surface area contributed by atoms with Gasteiger partial charge in [-0.1, -0.05) is 11.6 Å². The minimum Gasteiger partial charge on any atom is -0.394 e. The van der Waals surface area contributed by atoms with Gasteiger partial charge in [0.25, 0.3) is 5.69 Å². The molecule has 122 valence electrons. The average molecular weight is 336 g/mol. The Morgan fingerprint density at radius 1 is 1.23 bits per heavy atom. The molecule has 0 saturated carbocycles. The first-order chi connectivity index (χ1) is 10.2. The van der Waals surface area contributed by atoms with E-state index < -0.39 is 41.7 Å². The second kappa shape index (κ2) is 7.58. The van der Waals surface area contributed by atoms with Gasteiger partial charge in [-0.25, -0.2) is 0 Å². The average Bonchev–Trinajstić information content (AvgIpc) is 2.50. The van der Waals surface area contributed by atoms with Crippen molar-refractivity contribution in [1.29, 1.82) is 0 Å². The van der Waals surface area contributed by atoms with Crippen molar-refractivity contribution in [2.45, 2.75) is 24.4 Å². The van der Waals surface area contributed by atoms with E-state index in [-0.39, 0.29) is 16.3 Å². The van der Waals surface area contributed by atoms with Gasteiger partial charge in [0.1, 0.15) is 24.4 Å². The van der Waals surface area contributed by atoms with Gasteiger partial charge in [0.2, 0.25) is 0 Å². The molecule has 0 radical (unpaired) electrons. The number of benzene rings is 1.